The molecule has 0 aliphatic rings. The SMILES string of the molecule is COc1cc(OC)cc(Oc2cc(C)nc3ncnn23)c1. The van der Waals surface area contributed by atoms with Gasteiger partial charge in [-0.15, -0.1) is 0 Å². The van der Waals surface area contributed by atoms with Crippen LogP contribution in [0.4, 0.5) is 0 Å². The quantitative estimate of drug-likeness (QED) is 0.732. The molecule has 0 amide bonds. The molecule has 0 spiro atoms. The second-order valence-corrected chi connectivity index (χ2v) is 4.36. The molecule has 0 fully saturated rings. The molecular formula is C14H14N4O3. The third kappa shape index (κ3) is 2.58. The van der Waals surface area contributed by atoms with Gasteiger partial charge in [0.1, 0.15) is 23.6 Å². The van der Waals surface area contributed by atoms with Crippen molar-refractivity contribution in [2.75, 3.05) is 14.2 Å². The Balaban J connectivity index is 2.03. The number of aryl methyl sites for hydroxylation is 1. The molecule has 21 heavy (non-hydrogen) atoms. The van der Waals surface area contributed by atoms with Crippen molar-refractivity contribution < 1.29 is 14.2 Å². The first-order chi connectivity index (χ1) is 10.2. The lowest BCUT2D eigenvalue weighted by molar-refractivity contribution is 0.383. The Morgan fingerprint density at radius 1 is 0.952 bits per heavy atom. The van der Waals surface area contributed by atoms with Gasteiger partial charge in [-0.05, 0) is 6.92 Å². The summed E-state index contributed by atoms with van der Waals surface area (Å²) < 4.78 is 17.9. The number of benzene rings is 1. The van der Waals surface area contributed by atoms with E-state index in [2.05, 4.69) is 15.1 Å². The third-order valence-corrected chi connectivity index (χ3v) is 2.89. The molecule has 7 heteroatoms. The van der Waals surface area contributed by atoms with Gasteiger partial charge in [0.2, 0.25) is 5.88 Å². The van der Waals surface area contributed by atoms with Crippen LogP contribution in [0, 0.1) is 6.92 Å². The number of hydrogen-bond acceptors (Lipinski definition) is 6. The third-order valence-electron chi connectivity index (χ3n) is 2.89. The molecule has 0 radical (unpaired) electrons. The monoisotopic (exact) mass is 286 g/mol. The van der Waals surface area contributed by atoms with Gasteiger partial charge in [0.15, 0.2) is 0 Å². The summed E-state index contributed by atoms with van der Waals surface area (Å²) in [7, 11) is 3.18. The fraction of sp³-hybridized carbons (Fsp3) is 0.214. The average Bonchev–Trinajstić information content (AvgIpc) is 2.95. The van der Waals surface area contributed by atoms with E-state index in [-0.39, 0.29) is 0 Å². The maximum Gasteiger partial charge on any atom is 0.255 e. The zero-order valence-corrected chi connectivity index (χ0v) is 11.9. The zero-order chi connectivity index (χ0) is 14.8. The van der Waals surface area contributed by atoms with Crippen LogP contribution in [-0.2, 0) is 0 Å². The van der Waals surface area contributed by atoms with Gasteiger partial charge in [-0.1, -0.05) is 0 Å². The number of fused-ring (bicyclic) bond motifs is 1. The van der Waals surface area contributed by atoms with Gasteiger partial charge in [-0.2, -0.15) is 14.6 Å². The fourth-order valence-corrected chi connectivity index (χ4v) is 1.93. The van der Waals surface area contributed by atoms with E-state index in [1.54, 1.807) is 38.5 Å². The van der Waals surface area contributed by atoms with E-state index >= 15 is 0 Å². The zero-order valence-electron chi connectivity index (χ0n) is 11.9. The van der Waals surface area contributed by atoms with Crippen LogP contribution in [-0.4, -0.2) is 33.8 Å². The second kappa shape index (κ2) is 5.28. The van der Waals surface area contributed by atoms with Crippen LogP contribution in [0.2, 0.25) is 0 Å². The van der Waals surface area contributed by atoms with Crippen molar-refractivity contribution in [3.63, 3.8) is 0 Å². The van der Waals surface area contributed by atoms with E-state index in [1.165, 1.54) is 10.8 Å². The number of nitrogens with zero attached hydrogens (tertiary/aromatic N) is 4. The topological polar surface area (TPSA) is 70.8 Å². The summed E-state index contributed by atoms with van der Waals surface area (Å²) in [6, 6.07) is 7.09. The molecule has 0 aliphatic carbocycles. The first-order valence-electron chi connectivity index (χ1n) is 6.28. The minimum Gasteiger partial charge on any atom is -0.496 e. The molecule has 0 atom stereocenters. The molecule has 108 valence electrons. The maximum atomic E-state index is 5.88. The van der Waals surface area contributed by atoms with Gasteiger partial charge in [-0.25, -0.2) is 4.98 Å². The van der Waals surface area contributed by atoms with Crippen LogP contribution >= 0.6 is 0 Å². The normalized spacial score (nSPS) is 10.6. The number of aromatic nitrogens is 4. The van der Waals surface area contributed by atoms with Crippen molar-refractivity contribution in [2.24, 2.45) is 0 Å². The summed E-state index contributed by atoms with van der Waals surface area (Å²) in [4.78, 5) is 8.33. The highest BCUT2D eigenvalue weighted by Gasteiger charge is 2.10. The van der Waals surface area contributed by atoms with E-state index in [9.17, 15) is 0 Å². The van der Waals surface area contributed by atoms with Gasteiger partial charge in [0.25, 0.3) is 5.78 Å². The summed E-state index contributed by atoms with van der Waals surface area (Å²) in [6.07, 6.45) is 1.43. The van der Waals surface area contributed by atoms with Crippen molar-refractivity contribution >= 4 is 5.78 Å². The average molecular weight is 286 g/mol. The van der Waals surface area contributed by atoms with Crippen LogP contribution in [0.15, 0.2) is 30.6 Å². The number of rotatable bonds is 4. The highest BCUT2D eigenvalue weighted by atomic mass is 16.5. The first kappa shape index (κ1) is 13.2. The Labute approximate surface area is 121 Å². The van der Waals surface area contributed by atoms with Gasteiger partial charge >= 0.3 is 0 Å². The Kier molecular flexibility index (Phi) is 3.31. The number of ether oxygens (including phenoxy) is 3. The van der Waals surface area contributed by atoms with Gasteiger partial charge < -0.3 is 14.2 Å². The summed E-state index contributed by atoms with van der Waals surface area (Å²) in [5.41, 5.74) is 0.792. The molecule has 7 nitrogen and oxygen atoms in total. The Morgan fingerprint density at radius 2 is 1.62 bits per heavy atom. The summed E-state index contributed by atoms with van der Waals surface area (Å²) in [5.74, 6) is 2.87. The van der Waals surface area contributed by atoms with Crippen molar-refractivity contribution in [1.82, 2.24) is 19.6 Å². The van der Waals surface area contributed by atoms with E-state index in [4.69, 9.17) is 14.2 Å². The predicted octanol–water partition coefficient (Wildman–Crippen LogP) is 2.24. The molecule has 0 aliphatic heterocycles. The number of hydrogen-bond donors (Lipinski definition) is 0. The first-order valence-corrected chi connectivity index (χ1v) is 6.28. The summed E-state index contributed by atoms with van der Waals surface area (Å²) in [5, 5.41) is 4.10. The molecule has 0 bridgehead atoms. The van der Waals surface area contributed by atoms with Gasteiger partial charge in [0.05, 0.1) is 14.2 Å². The molecule has 2 heterocycles. The minimum atomic E-state index is 0.486. The Bertz CT molecular complexity index is 763. The smallest absolute Gasteiger partial charge is 0.255 e. The lowest BCUT2D eigenvalue weighted by Gasteiger charge is -2.10. The molecule has 2 aromatic heterocycles. The molecule has 1 aromatic carbocycles. The summed E-state index contributed by atoms with van der Waals surface area (Å²) >= 11 is 0. The molecular weight excluding hydrogens is 272 g/mol. The highest BCUT2D eigenvalue weighted by molar-refractivity contribution is 5.44. The van der Waals surface area contributed by atoms with E-state index in [1.807, 2.05) is 6.92 Å². The predicted molar refractivity (Wildman–Crippen MR) is 75.1 cm³/mol. The Hall–Kier alpha value is -2.83. The lowest BCUT2D eigenvalue weighted by atomic mass is 10.3. The fourth-order valence-electron chi connectivity index (χ4n) is 1.93. The van der Waals surface area contributed by atoms with Crippen molar-refractivity contribution in [3.05, 3.63) is 36.3 Å². The van der Waals surface area contributed by atoms with Crippen LogP contribution in [0.5, 0.6) is 23.1 Å². The maximum absolute atomic E-state index is 5.88. The van der Waals surface area contributed by atoms with E-state index in [0.29, 0.717) is 28.9 Å². The van der Waals surface area contributed by atoms with Crippen LogP contribution in [0.25, 0.3) is 5.78 Å². The molecule has 3 rings (SSSR count). The molecule has 3 aromatic rings. The number of methoxy groups -OCH3 is 2. The van der Waals surface area contributed by atoms with Crippen molar-refractivity contribution in [2.45, 2.75) is 6.92 Å². The standard InChI is InChI=1S/C14H14N4O3/c1-9-4-13(18-14(17-9)15-8-16-18)21-12-6-10(19-2)5-11(7-12)20-3/h4-8H,1-3H3. The second-order valence-electron chi connectivity index (χ2n) is 4.36. The van der Waals surface area contributed by atoms with Gasteiger partial charge in [0, 0.05) is 30.0 Å². The minimum absolute atomic E-state index is 0.486. The van der Waals surface area contributed by atoms with Crippen LogP contribution < -0.4 is 14.2 Å². The highest BCUT2D eigenvalue weighted by Crippen LogP contribution is 2.30. The van der Waals surface area contributed by atoms with Gasteiger partial charge in [-0.3, -0.25) is 0 Å². The van der Waals surface area contributed by atoms with Crippen molar-refractivity contribution in [1.29, 1.82) is 0 Å². The largest absolute Gasteiger partial charge is 0.496 e. The van der Waals surface area contributed by atoms with E-state index < -0.39 is 0 Å². The van der Waals surface area contributed by atoms with E-state index in [0.717, 1.165) is 5.69 Å². The molecule has 0 saturated heterocycles. The van der Waals surface area contributed by atoms with Crippen LogP contribution in [0.1, 0.15) is 5.69 Å². The molecule has 0 saturated carbocycles. The molecule has 0 N–H and O–H groups in total. The van der Waals surface area contributed by atoms with Crippen molar-refractivity contribution in [3.8, 4) is 23.1 Å². The van der Waals surface area contributed by atoms with Crippen LogP contribution in [0.3, 0.4) is 0 Å². The molecule has 0 unspecified atom stereocenters. The summed E-state index contributed by atoms with van der Waals surface area (Å²) in [6.45, 7) is 1.87. The lowest BCUT2D eigenvalue weighted by Crippen LogP contribution is -1.99. The Morgan fingerprint density at radius 3 is 2.29 bits per heavy atom.